The number of rotatable bonds is 4. The van der Waals surface area contributed by atoms with Crippen LogP contribution in [0.1, 0.15) is 28.8 Å². The third kappa shape index (κ3) is 4.10. The molecule has 0 aliphatic rings. The van der Waals surface area contributed by atoms with Crippen molar-refractivity contribution in [1.82, 2.24) is 5.32 Å². The Hall–Kier alpha value is -2.27. The number of furan rings is 1. The number of benzene rings is 1. The van der Waals surface area contributed by atoms with Crippen molar-refractivity contribution in [2.75, 3.05) is 11.9 Å². The Labute approximate surface area is 124 Å². The van der Waals surface area contributed by atoms with E-state index in [1.165, 1.54) is 5.56 Å². The maximum Gasteiger partial charge on any atom is 0.319 e. The number of hydrogen-bond donors (Lipinski definition) is 3. The largest absolute Gasteiger partial charge is 0.464 e. The molecule has 1 atom stereocenters. The zero-order valence-corrected chi connectivity index (χ0v) is 12.4. The number of hydrogen-bond acceptors (Lipinski definition) is 3. The van der Waals surface area contributed by atoms with E-state index in [0.29, 0.717) is 5.76 Å². The molecule has 0 bridgehead atoms. The van der Waals surface area contributed by atoms with Crippen LogP contribution in [0.25, 0.3) is 0 Å². The van der Waals surface area contributed by atoms with Crippen LogP contribution >= 0.6 is 0 Å². The standard InChI is InChI=1S/C16H20N2O3/c1-10-4-6-13(8-11(10)2)18-16(20)17-9-14(19)15-7-5-12(3)21-15/h4-8,14,19H,9H2,1-3H3,(H2,17,18,20). The lowest BCUT2D eigenvalue weighted by molar-refractivity contribution is 0.148. The molecule has 5 heteroatoms. The number of nitrogens with one attached hydrogen (secondary N) is 2. The summed E-state index contributed by atoms with van der Waals surface area (Å²) >= 11 is 0. The van der Waals surface area contributed by atoms with Crippen molar-refractivity contribution >= 4 is 11.7 Å². The zero-order chi connectivity index (χ0) is 15.4. The number of amides is 2. The fourth-order valence-corrected chi connectivity index (χ4v) is 1.92. The zero-order valence-electron chi connectivity index (χ0n) is 12.4. The number of carbonyl (C=O) groups excluding carboxylic acids is 1. The highest BCUT2D eigenvalue weighted by molar-refractivity contribution is 5.89. The topological polar surface area (TPSA) is 74.5 Å². The summed E-state index contributed by atoms with van der Waals surface area (Å²) < 4.78 is 5.30. The molecule has 0 aliphatic heterocycles. The monoisotopic (exact) mass is 288 g/mol. The molecule has 0 spiro atoms. The number of aryl methyl sites for hydroxylation is 3. The summed E-state index contributed by atoms with van der Waals surface area (Å²) in [7, 11) is 0. The summed E-state index contributed by atoms with van der Waals surface area (Å²) in [4.78, 5) is 11.8. The average Bonchev–Trinajstić information content (AvgIpc) is 2.87. The first-order chi connectivity index (χ1) is 9.95. The lowest BCUT2D eigenvalue weighted by Gasteiger charge is -2.11. The van der Waals surface area contributed by atoms with Crippen molar-refractivity contribution in [2.45, 2.75) is 26.9 Å². The maximum absolute atomic E-state index is 11.8. The van der Waals surface area contributed by atoms with E-state index in [9.17, 15) is 9.90 Å². The van der Waals surface area contributed by atoms with Crippen LogP contribution in [0.15, 0.2) is 34.7 Å². The van der Waals surface area contributed by atoms with Crippen LogP contribution < -0.4 is 10.6 Å². The molecule has 2 rings (SSSR count). The molecular formula is C16H20N2O3. The van der Waals surface area contributed by atoms with Gasteiger partial charge < -0.3 is 20.2 Å². The molecule has 1 aromatic carbocycles. The maximum atomic E-state index is 11.8. The smallest absolute Gasteiger partial charge is 0.319 e. The Morgan fingerprint density at radius 3 is 2.57 bits per heavy atom. The predicted octanol–water partition coefficient (Wildman–Crippen LogP) is 3.06. The summed E-state index contributed by atoms with van der Waals surface area (Å²) in [6, 6.07) is 8.80. The van der Waals surface area contributed by atoms with E-state index in [1.807, 2.05) is 32.0 Å². The first-order valence-corrected chi connectivity index (χ1v) is 6.82. The van der Waals surface area contributed by atoms with Gasteiger partial charge >= 0.3 is 6.03 Å². The lowest BCUT2D eigenvalue weighted by Crippen LogP contribution is -2.32. The molecule has 5 nitrogen and oxygen atoms in total. The van der Waals surface area contributed by atoms with E-state index in [4.69, 9.17) is 4.42 Å². The van der Waals surface area contributed by atoms with Crippen LogP contribution in [0.3, 0.4) is 0 Å². The minimum Gasteiger partial charge on any atom is -0.464 e. The first kappa shape index (κ1) is 15.1. The number of aliphatic hydroxyl groups is 1. The third-order valence-electron chi connectivity index (χ3n) is 3.31. The van der Waals surface area contributed by atoms with Gasteiger partial charge in [0.15, 0.2) is 0 Å². The van der Waals surface area contributed by atoms with Gasteiger partial charge in [0, 0.05) is 5.69 Å². The molecule has 112 valence electrons. The van der Waals surface area contributed by atoms with Gasteiger partial charge in [0.05, 0.1) is 6.54 Å². The fraction of sp³-hybridized carbons (Fsp3) is 0.312. The number of carbonyl (C=O) groups is 1. The summed E-state index contributed by atoms with van der Waals surface area (Å²) in [5.41, 5.74) is 3.00. The number of aliphatic hydroxyl groups excluding tert-OH is 1. The Morgan fingerprint density at radius 1 is 1.19 bits per heavy atom. The average molecular weight is 288 g/mol. The van der Waals surface area contributed by atoms with Crippen molar-refractivity contribution in [3.8, 4) is 0 Å². The van der Waals surface area contributed by atoms with E-state index in [1.54, 1.807) is 19.1 Å². The van der Waals surface area contributed by atoms with Crippen LogP contribution in [0.5, 0.6) is 0 Å². The molecule has 0 fully saturated rings. The van der Waals surface area contributed by atoms with Gasteiger partial charge in [-0.05, 0) is 56.2 Å². The minimum absolute atomic E-state index is 0.0869. The summed E-state index contributed by atoms with van der Waals surface area (Å²) in [5, 5.41) is 15.2. The van der Waals surface area contributed by atoms with Gasteiger partial charge in [-0.2, -0.15) is 0 Å². The van der Waals surface area contributed by atoms with E-state index in [0.717, 1.165) is 17.0 Å². The van der Waals surface area contributed by atoms with Gasteiger partial charge in [0.2, 0.25) is 0 Å². The van der Waals surface area contributed by atoms with Crippen LogP contribution in [0.2, 0.25) is 0 Å². The molecule has 0 saturated heterocycles. The third-order valence-corrected chi connectivity index (χ3v) is 3.31. The minimum atomic E-state index is -0.857. The quantitative estimate of drug-likeness (QED) is 0.809. The molecule has 1 heterocycles. The van der Waals surface area contributed by atoms with Crippen LogP contribution in [-0.4, -0.2) is 17.7 Å². The highest BCUT2D eigenvalue weighted by Crippen LogP contribution is 2.16. The van der Waals surface area contributed by atoms with E-state index in [2.05, 4.69) is 10.6 Å². The molecule has 0 aliphatic carbocycles. The van der Waals surface area contributed by atoms with Crippen LogP contribution in [-0.2, 0) is 0 Å². The Morgan fingerprint density at radius 2 is 1.95 bits per heavy atom. The molecule has 2 aromatic rings. The van der Waals surface area contributed by atoms with E-state index >= 15 is 0 Å². The molecule has 2 amide bonds. The van der Waals surface area contributed by atoms with E-state index in [-0.39, 0.29) is 12.6 Å². The van der Waals surface area contributed by atoms with Gasteiger partial charge in [-0.15, -0.1) is 0 Å². The Balaban J connectivity index is 1.85. The van der Waals surface area contributed by atoms with Gasteiger partial charge in [-0.1, -0.05) is 6.07 Å². The number of anilines is 1. The van der Waals surface area contributed by atoms with Gasteiger partial charge in [-0.25, -0.2) is 4.79 Å². The van der Waals surface area contributed by atoms with E-state index < -0.39 is 6.10 Å². The van der Waals surface area contributed by atoms with Gasteiger partial charge in [0.25, 0.3) is 0 Å². The van der Waals surface area contributed by atoms with Crippen molar-refractivity contribution in [3.05, 3.63) is 53.0 Å². The second kappa shape index (κ2) is 6.45. The van der Waals surface area contributed by atoms with Gasteiger partial charge in [0.1, 0.15) is 17.6 Å². The fourth-order valence-electron chi connectivity index (χ4n) is 1.92. The highest BCUT2D eigenvalue weighted by Gasteiger charge is 2.13. The Bertz CT molecular complexity index is 634. The molecule has 1 aromatic heterocycles. The molecule has 21 heavy (non-hydrogen) atoms. The van der Waals surface area contributed by atoms with Crippen molar-refractivity contribution in [1.29, 1.82) is 0 Å². The molecule has 1 unspecified atom stereocenters. The highest BCUT2D eigenvalue weighted by atomic mass is 16.4. The SMILES string of the molecule is Cc1ccc(C(O)CNC(=O)Nc2ccc(C)c(C)c2)o1. The van der Waals surface area contributed by atoms with Crippen LogP contribution in [0.4, 0.5) is 10.5 Å². The molecule has 3 N–H and O–H groups in total. The molecular weight excluding hydrogens is 268 g/mol. The van der Waals surface area contributed by atoms with Crippen molar-refractivity contribution in [3.63, 3.8) is 0 Å². The summed E-state index contributed by atoms with van der Waals surface area (Å²) in [6.45, 7) is 5.89. The summed E-state index contributed by atoms with van der Waals surface area (Å²) in [5.74, 6) is 1.17. The first-order valence-electron chi connectivity index (χ1n) is 6.82. The Kier molecular flexibility index (Phi) is 4.65. The van der Waals surface area contributed by atoms with Crippen molar-refractivity contribution < 1.29 is 14.3 Å². The van der Waals surface area contributed by atoms with Crippen LogP contribution in [0, 0.1) is 20.8 Å². The number of urea groups is 1. The lowest BCUT2D eigenvalue weighted by atomic mass is 10.1. The molecule has 0 radical (unpaired) electrons. The predicted molar refractivity (Wildman–Crippen MR) is 81.3 cm³/mol. The normalized spacial score (nSPS) is 12.0. The summed E-state index contributed by atoms with van der Waals surface area (Å²) in [6.07, 6.45) is -0.857. The second-order valence-electron chi connectivity index (χ2n) is 5.10. The second-order valence-corrected chi connectivity index (χ2v) is 5.10. The molecule has 0 saturated carbocycles. The van der Waals surface area contributed by atoms with Crippen molar-refractivity contribution in [2.24, 2.45) is 0 Å². The van der Waals surface area contributed by atoms with Gasteiger partial charge in [-0.3, -0.25) is 0 Å².